The van der Waals surface area contributed by atoms with Crippen molar-refractivity contribution in [1.82, 2.24) is 19.5 Å². The Balaban J connectivity index is 1.12. The van der Waals surface area contributed by atoms with Crippen LogP contribution in [0.2, 0.25) is 0 Å². The molecule has 0 amide bonds. The van der Waals surface area contributed by atoms with E-state index in [-0.39, 0.29) is 19.1 Å². The highest BCUT2D eigenvalue weighted by molar-refractivity contribution is 7.54. The van der Waals surface area contributed by atoms with E-state index in [0.717, 1.165) is 23.6 Å². The smallest absolute Gasteiger partial charge is 0.404 e. The van der Waals surface area contributed by atoms with Gasteiger partial charge in [0.05, 0.1) is 32.2 Å². The number of fused-ring (bicyclic) bond motifs is 2. The number of anilines is 1. The Labute approximate surface area is 299 Å². The van der Waals surface area contributed by atoms with Gasteiger partial charge in [0.2, 0.25) is 0 Å². The van der Waals surface area contributed by atoms with E-state index in [9.17, 15) is 4.57 Å². The molecule has 0 fully saturated rings. The predicted molar refractivity (Wildman–Crippen MR) is 204 cm³/mol. The Hall–Kier alpha value is -3.04. The summed E-state index contributed by atoms with van der Waals surface area (Å²) < 4.78 is 39.9. The molecule has 2 atom stereocenters. The van der Waals surface area contributed by atoms with E-state index >= 15 is 0 Å². The molecular formula is C39H60N5O5P. The van der Waals surface area contributed by atoms with Gasteiger partial charge in [-0.2, -0.15) is 0 Å². The van der Waals surface area contributed by atoms with Gasteiger partial charge in [0.25, 0.3) is 0 Å². The number of rotatable bonds is 28. The van der Waals surface area contributed by atoms with Crippen molar-refractivity contribution in [3.8, 4) is 5.75 Å². The van der Waals surface area contributed by atoms with E-state index in [1.165, 1.54) is 96.2 Å². The molecule has 4 rings (SSSR count). The van der Waals surface area contributed by atoms with Crippen LogP contribution in [-0.4, -0.2) is 51.8 Å². The van der Waals surface area contributed by atoms with Gasteiger partial charge in [-0.1, -0.05) is 140 Å². The molecule has 0 bridgehead atoms. The topological polar surface area (TPSA) is 124 Å². The van der Waals surface area contributed by atoms with Crippen molar-refractivity contribution in [2.75, 3.05) is 31.9 Å². The molecular weight excluding hydrogens is 649 g/mol. The summed E-state index contributed by atoms with van der Waals surface area (Å²) >= 11 is 0. The van der Waals surface area contributed by atoms with Crippen molar-refractivity contribution in [3.63, 3.8) is 0 Å². The standard InChI is InChI=1S/C39H60N5O5P/c1-3-4-5-6-7-8-9-10-11-12-13-14-15-16-17-20-26-46-27-28-48-50(45,49-36-25-21-23-34-22-18-19-24-35(34)36)32-47-33(2)29-44-31-43-37-38(40)41-30-42-39(37)44/h18-19,21-25,30-31,33H,3-17,20,26-29,32H2,1-2H3,(H2,40,41,42). The summed E-state index contributed by atoms with van der Waals surface area (Å²) in [6, 6.07) is 13.5. The highest BCUT2D eigenvalue weighted by atomic mass is 31.2. The van der Waals surface area contributed by atoms with E-state index in [4.69, 9.17) is 24.3 Å². The van der Waals surface area contributed by atoms with Gasteiger partial charge in [-0.05, 0) is 24.8 Å². The lowest BCUT2D eigenvalue weighted by Gasteiger charge is -2.22. The van der Waals surface area contributed by atoms with E-state index in [0.29, 0.717) is 42.5 Å². The third-order valence-corrected chi connectivity index (χ3v) is 10.6. The molecule has 11 heteroatoms. The van der Waals surface area contributed by atoms with E-state index in [1.54, 1.807) is 12.4 Å². The molecule has 0 aliphatic rings. The molecule has 2 N–H and O–H groups in total. The van der Waals surface area contributed by atoms with Gasteiger partial charge in [0.15, 0.2) is 17.8 Å². The van der Waals surface area contributed by atoms with E-state index in [2.05, 4.69) is 21.9 Å². The summed E-state index contributed by atoms with van der Waals surface area (Å²) in [5, 5.41) is 1.84. The fourth-order valence-corrected chi connectivity index (χ4v) is 7.61. The van der Waals surface area contributed by atoms with Crippen LogP contribution in [-0.2, 0) is 25.1 Å². The summed E-state index contributed by atoms with van der Waals surface area (Å²) in [6.45, 7) is 5.72. The lowest BCUT2D eigenvalue weighted by Crippen LogP contribution is -2.19. The number of nitrogen functional groups attached to an aromatic ring is 1. The second kappa shape index (κ2) is 22.7. The van der Waals surface area contributed by atoms with Crippen molar-refractivity contribution in [2.24, 2.45) is 0 Å². The van der Waals surface area contributed by atoms with Gasteiger partial charge in [0.1, 0.15) is 17.6 Å². The SMILES string of the molecule is CCCCCCCCCCCCCCCCCCOCCOP(=O)(COC(C)Cn1cnc2c(N)ncnc21)Oc1cccc2ccccc12. The Bertz CT molecular complexity index is 1560. The summed E-state index contributed by atoms with van der Waals surface area (Å²) in [7, 11) is -3.71. The number of imidazole rings is 1. The minimum absolute atomic E-state index is 0.140. The molecule has 2 unspecified atom stereocenters. The summed E-state index contributed by atoms with van der Waals surface area (Å²) in [4.78, 5) is 12.6. The molecule has 4 aromatic rings. The third-order valence-electron chi connectivity index (χ3n) is 9.05. The van der Waals surface area contributed by atoms with Crippen LogP contribution in [0.5, 0.6) is 5.75 Å². The van der Waals surface area contributed by atoms with Crippen molar-refractivity contribution in [1.29, 1.82) is 0 Å². The molecule has 0 radical (unpaired) electrons. The Morgan fingerprint density at radius 3 is 2.10 bits per heavy atom. The molecule has 0 aliphatic carbocycles. The van der Waals surface area contributed by atoms with Gasteiger partial charge in [-0.3, -0.25) is 4.52 Å². The van der Waals surface area contributed by atoms with E-state index in [1.807, 2.05) is 47.9 Å². The molecule has 0 saturated heterocycles. The summed E-state index contributed by atoms with van der Waals surface area (Å²) in [5.41, 5.74) is 7.08. The zero-order valence-electron chi connectivity index (χ0n) is 30.5. The van der Waals surface area contributed by atoms with Crippen molar-refractivity contribution < 1.29 is 23.1 Å². The highest BCUT2D eigenvalue weighted by Gasteiger charge is 2.29. The lowest BCUT2D eigenvalue weighted by molar-refractivity contribution is 0.0624. The first kappa shape index (κ1) is 39.7. The molecule has 2 aromatic heterocycles. The zero-order chi connectivity index (χ0) is 35.3. The Morgan fingerprint density at radius 2 is 1.40 bits per heavy atom. The second-order valence-corrected chi connectivity index (χ2v) is 15.3. The van der Waals surface area contributed by atoms with Gasteiger partial charge >= 0.3 is 7.60 Å². The molecule has 0 spiro atoms. The molecule has 2 heterocycles. The predicted octanol–water partition coefficient (Wildman–Crippen LogP) is 10.5. The first-order valence-corrected chi connectivity index (χ1v) is 20.7. The summed E-state index contributed by atoms with van der Waals surface area (Å²) in [5.74, 6) is 0.810. The molecule has 2 aromatic carbocycles. The van der Waals surface area contributed by atoms with Crippen LogP contribution < -0.4 is 10.3 Å². The first-order chi connectivity index (χ1) is 24.5. The third kappa shape index (κ3) is 13.9. The molecule has 276 valence electrons. The largest absolute Gasteiger partial charge is 0.422 e. The van der Waals surface area contributed by atoms with Crippen LogP contribution >= 0.6 is 7.60 Å². The molecule has 50 heavy (non-hydrogen) atoms. The van der Waals surface area contributed by atoms with Gasteiger partial charge < -0.3 is 24.3 Å². The number of nitrogens with two attached hydrogens (primary N) is 1. The number of hydrogen-bond acceptors (Lipinski definition) is 9. The molecule has 10 nitrogen and oxygen atoms in total. The fourth-order valence-electron chi connectivity index (χ4n) is 6.19. The average molecular weight is 710 g/mol. The van der Waals surface area contributed by atoms with Crippen LogP contribution in [0.4, 0.5) is 5.82 Å². The average Bonchev–Trinajstić information content (AvgIpc) is 3.54. The Morgan fingerprint density at radius 1 is 0.760 bits per heavy atom. The number of nitrogens with zero attached hydrogens (tertiary/aromatic N) is 4. The maximum atomic E-state index is 14.1. The van der Waals surface area contributed by atoms with Crippen molar-refractivity contribution >= 4 is 35.3 Å². The minimum Gasteiger partial charge on any atom is -0.422 e. The van der Waals surface area contributed by atoms with Gasteiger partial charge in [-0.25, -0.2) is 19.5 Å². The molecule has 0 saturated carbocycles. The Kier molecular flexibility index (Phi) is 18.1. The van der Waals surface area contributed by atoms with Crippen LogP contribution in [0, 0.1) is 0 Å². The number of unbranched alkanes of at least 4 members (excludes halogenated alkanes) is 15. The van der Waals surface area contributed by atoms with E-state index < -0.39 is 7.60 Å². The van der Waals surface area contributed by atoms with Crippen LogP contribution in [0.1, 0.15) is 117 Å². The fraction of sp³-hybridized carbons (Fsp3) is 0.615. The molecule has 0 aliphatic heterocycles. The maximum Gasteiger partial charge on any atom is 0.404 e. The maximum absolute atomic E-state index is 14.1. The first-order valence-electron chi connectivity index (χ1n) is 19.0. The van der Waals surface area contributed by atoms with Crippen LogP contribution in [0.25, 0.3) is 21.9 Å². The zero-order valence-corrected chi connectivity index (χ0v) is 31.4. The number of hydrogen-bond donors (Lipinski definition) is 1. The second-order valence-electron chi connectivity index (χ2n) is 13.4. The quantitative estimate of drug-likeness (QED) is 0.0453. The summed E-state index contributed by atoms with van der Waals surface area (Å²) in [6.07, 6.45) is 23.9. The van der Waals surface area contributed by atoms with Crippen LogP contribution in [0.15, 0.2) is 55.1 Å². The highest BCUT2D eigenvalue weighted by Crippen LogP contribution is 2.50. The van der Waals surface area contributed by atoms with Gasteiger partial charge in [-0.15, -0.1) is 0 Å². The number of ether oxygens (including phenoxy) is 2. The lowest BCUT2D eigenvalue weighted by atomic mass is 10.0. The minimum atomic E-state index is -3.71. The van der Waals surface area contributed by atoms with Crippen LogP contribution in [0.3, 0.4) is 0 Å². The number of aromatic nitrogens is 4. The van der Waals surface area contributed by atoms with Crippen molar-refractivity contribution in [3.05, 3.63) is 55.1 Å². The monoisotopic (exact) mass is 709 g/mol. The normalized spacial score (nSPS) is 13.6. The van der Waals surface area contributed by atoms with Gasteiger partial charge in [0, 0.05) is 12.0 Å². The number of benzene rings is 2. The van der Waals surface area contributed by atoms with Crippen molar-refractivity contribution in [2.45, 2.75) is 129 Å².